The number of hydrogen-bond donors (Lipinski definition) is 1. The molecule has 0 aromatic heterocycles. The van der Waals surface area contributed by atoms with Crippen molar-refractivity contribution in [2.24, 2.45) is 0 Å². The second kappa shape index (κ2) is 8.05. The molecule has 1 aromatic rings. The molecule has 0 fully saturated rings. The summed E-state index contributed by atoms with van der Waals surface area (Å²) >= 11 is 1.41. The van der Waals surface area contributed by atoms with Gasteiger partial charge in [0.05, 0.1) is 0 Å². The number of amides is 1. The topological polar surface area (TPSA) is 29.1 Å². The summed E-state index contributed by atoms with van der Waals surface area (Å²) in [5, 5.41) is 3.08. The monoisotopic (exact) mass is 275 g/mol. The highest BCUT2D eigenvalue weighted by Crippen LogP contribution is 2.11. The molecule has 2 nitrogen and oxygen atoms in total. The highest BCUT2D eigenvalue weighted by atomic mass is 32.2. The van der Waals surface area contributed by atoms with Crippen molar-refractivity contribution in [1.82, 2.24) is 5.32 Å². The summed E-state index contributed by atoms with van der Waals surface area (Å²) in [6.45, 7) is 0.727. The van der Waals surface area contributed by atoms with Gasteiger partial charge in [0.15, 0.2) is 0 Å². The van der Waals surface area contributed by atoms with Crippen LogP contribution in [0.5, 0.6) is 0 Å². The number of hydrogen-bond acceptors (Lipinski definition) is 2. The van der Waals surface area contributed by atoms with Crippen LogP contribution < -0.4 is 5.32 Å². The van der Waals surface area contributed by atoms with Gasteiger partial charge in [-0.25, -0.2) is 0 Å². The minimum Gasteiger partial charge on any atom is -0.347 e. The predicted molar refractivity (Wildman–Crippen MR) is 82.7 cm³/mol. The van der Waals surface area contributed by atoms with E-state index in [9.17, 15) is 4.79 Å². The van der Waals surface area contributed by atoms with Crippen LogP contribution in [0, 0.1) is 0 Å². The average Bonchev–Trinajstić information content (AvgIpc) is 2.42. The van der Waals surface area contributed by atoms with Gasteiger partial charge in [-0.05, 0) is 43.2 Å². The fourth-order valence-corrected chi connectivity index (χ4v) is 2.88. The number of carbonyl (C=O) groups is 1. The Morgan fingerprint density at radius 1 is 1.11 bits per heavy atom. The average molecular weight is 275 g/mol. The van der Waals surface area contributed by atoms with Gasteiger partial charge in [-0.2, -0.15) is 0 Å². The predicted octanol–water partition coefficient (Wildman–Crippen LogP) is 3.95. The van der Waals surface area contributed by atoms with E-state index < -0.39 is 0 Å². The fraction of sp³-hybridized carbons (Fsp3) is 0.438. The van der Waals surface area contributed by atoms with E-state index in [-0.39, 0.29) is 5.24 Å². The number of carbonyl (C=O) groups excluding carboxylic acids is 1. The van der Waals surface area contributed by atoms with E-state index in [4.69, 9.17) is 0 Å². The fourth-order valence-electron chi connectivity index (χ4n) is 2.14. The zero-order valence-electron chi connectivity index (χ0n) is 11.2. The van der Waals surface area contributed by atoms with Crippen molar-refractivity contribution >= 4 is 17.0 Å². The van der Waals surface area contributed by atoms with Gasteiger partial charge >= 0.3 is 0 Å². The lowest BCUT2D eigenvalue weighted by Gasteiger charge is -2.06. The minimum atomic E-state index is 0.113. The summed E-state index contributed by atoms with van der Waals surface area (Å²) in [5.41, 5.74) is 2.65. The highest BCUT2D eigenvalue weighted by molar-refractivity contribution is 8.13. The Bertz CT molecular complexity index is 442. The number of rotatable bonds is 0. The maximum Gasteiger partial charge on any atom is 0.279 e. The smallest absolute Gasteiger partial charge is 0.279 e. The molecule has 0 aliphatic carbocycles. The summed E-state index contributed by atoms with van der Waals surface area (Å²) in [4.78, 5) is 11.6. The third kappa shape index (κ3) is 5.52. The maximum atomic E-state index is 11.6. The van der Waals surface area contributed by atoms with Gasteiger partial charge in [0.25, 0.3) is 5.24 Å². The van der Waals surface area contributed by atoms with Gasteiger partial charge in [0, 0.05) is 12.3 Å². The standard InChI is InChI=1S/C16H21NOS/c18-16-17-11-10-15-9-6-8-14(13-15)7-4-2-1-3-5-12-19-16/h2,4,6,8-9,13H,1,3,5,7,10-12H2,(H,17,18)/b4-2+. The van der Waals surface area contributed by atoms with Gasteiger partial charge in [-0.15, -0.1) is 0 Å². The molecular formula is C16H21NOS. The Balaban J connectivity index is 1.99. The van der Waals surface area contributed by atoms with E-state index in [2.05, 4.69) is 41.7 Å². The lowest BCUT2D eigenvalue weighted by molar-refractivity contribution is 0.261. The summed E-state index contributed by atoms with van der Waals surface area (Å²) in [6.07, 6.45) is 9.82. The number of thioether (sulfide) groups is 1. The lowest BCUT2D eigenvalue weighted by Crippen LogP contribution is -2.21. The maximum absolute atomic E-state index is 11.6. The second-order valence-corrected chi connectivity index (χ2v) is 5.87. The van der Waals surface area contributed by atoms with Crippen LogP contribution in [0.4, 0.5) is 4.79 Å². The van der Waals surface area contributed by atoms with Gasteiger partial charge in [-0.3, -0.25) is 4.79 Å². The highest BCUT2D eigenvalue weighted by Gasteiger charge is 2.02. The van der Waals surface area contributed by atoms with E-state index in [1.807, 2.05) is 0 Å². The largest absolute Gasteiger partial charge is 0.347 e. The third-order valence-corrected chi connectivity index (χ3v) is 4.09. The Hall–Kier alpha value is -1.22. The molecule has 1 heterocycles. The first-order valence-corrected chi connectivity index (χ1v) is 7.96. The first kappa shape index (κ1) is 14.2. The zero-order chi connectivity index (χ0) is 13.3. The first-order chi connectivity index (χ1) is 9.34. The molecule has 0 spiro atoms. The molecule has 0 atom stereocenters. The van der Waals surface area contributed by atoms with E-state index in [1.54, 1.807) is 0 Å². The number of benzene rings is 1. The van der Waals surface area contributed by atoms with Crippen molar-refractivity contribution in [2.45, 2.75) is 32.1 Å². The molecule has 3 heteroatoms. The SMILES string of the molecule is O=C1NCCc2cccc(c2)C/C=C/CCCCS1. The Morgan fingerprint density at radius 3 is 2.95 bits per heavy atom. The van der Waals surface area contributed by atoms with Crippen LogP contribution in [-0.4, -0.2) is 17.5 Å². The Morgan fingerprint density at radius 2 is 2.00 bits per heavy atom. The molecule has 1 aromatic carbocycles. The van der Waals surface area contributed by atoms with Crippen LogP contribution in [0.1, 0.15) is 30.4 Å². The van der Waals surface area contributed by atoms with Crippen molar-refractivity contribution in [3.8, 4) is 0 Å². The molecule has 0 radical (unpaired) electrons. The summed E-state index contributed by atoms with van der Waals surface area (Å²) in [7, 11) is 0. The molecule has 2 bridgehead atoms. The lowest BCUT2D eigenvalue weighted by atomic mass is 10.1. The van der Waals surface area contributed by atoms with E-state index in [1.165, 1.54) is 22.9 Å². The first-order valence-electron chi connectivity index (χ1n) is 6.98. The molecule has 0 saturated heterocycles. The van der Waals surface area contributed by atoms with Crippen LogP contribution in [0.15, 0.2) is 36.4 Å². The van der Waals surface area contributed by atoms with E-state index >= 15 is 0 Å². The van der Waals surface area contributed by atoms with Gasteiger partial charge in [0.1, 0.15) is 0 Å². The summed E-state index contributed by atoms with van der Waals surface area (Å²) in [5.74, 6) is 0.924. The van der Waals surface area contributed by atoms with Crippen LogP contribution in [0.3, 0.4) is 0 Å². The molecular weight excluding hydrogens is 254 g/mol. The van der Waals surface area contributed by atoms with Crippen LogP contribution >= 0.6 is 11.8 Å². The van der Waals surface area contributed by atoms with Crippen LogP contribution in [-0.2, 0) is 12.8 Å². The molecule has 19 heavy (non-hydrogen) atoms. The van der Waals surface area contributed by atoms with Crippen LogP contribution in [0.2, 0.25) is 0 Å². The van der Waals surface area contributed by atoms with E-state index in [0.717, 1.165) is 44.4 Å². The molecule has 1 aliphatic heterocycles. The number of fused-ring (bicyclic) bond motifs is 2. The Labute approximate surface area is 119 Å². The van der Waals surface area contributed by atoms with Gasteiger partial charge in [0.2, 0.25) is 0 Å². The normalized spacial score (nSPS) is 19.9. The minimum absolute atomic E-state index is 0.113. The van der Waals surface area contributed by atoms with Crippen LogP contribution in [0.25, 0.3) is 0 Å². The van der Waals surface area contributed by atoms with Crippen molar-refractivity contribution in [2.75, 3.05) is 12.3 Å². The second-order valence-electron chi connectivity index (χ2n) is 4.80. The van der Waals surface area contributed by atoms with Gasteiger partial charge in [-0.1, -0.05) is 48.2 Å². The van der Waals surface area contributed by atoms with Crippen molar-refractivity contribution in [3.63, 3.8) is 0 Å². The number of allylic oxidation sites excluding steroid dienone is 2. The van der Waals surface area contributed by atoms with Crippen molar-refractivity contribution in [1.29, 1.82) is 0 Å². The van der Waals surface area contributed by atoms with Crippen molar-refractivity contribution < 1.29 is 4.79 Å². The molecule has 1 N–H and O–H groups in total. The molecule has 1 amide bonds. The summed E-state index contributed by atoms with van der Waals surface area (Å²) < 4.78 is 0. The third-order valence-electron chi connectivity index (χ3n) is 3.19. The molecule has 2 rings (SSSR count). The Kier molecular flexibility index (Phi) is 6.02. The zero-order valence-corrected chi connectivity index (χ0v) is 12.0. The van der Waals surface area contributed by atoms with E-state index in [0.29, 0.717) is 0 Å². The number of nitrogens with one attached hydrogen (secondary N) is 1. The molecule has 102 valence electrons. The molecule has 0 unspecified atom stereocenters. The quantitative estimate of drug-likeness (QED) is 0.726. The molecule has 0 saturated carbocycles. The van der Waals surface area contributed by atoms with Crippen molar-refractivity contribution in [3.05, 3.63) is 47.5 Å². The summed E-state index contributed by atoms with van der Waals surface area (Å²) in [6, 6.07) is 8.64. The molecule has 1 aliphatic rings. The van der Waals surface area contributed by atoms with Gasteiger partial charge < -0.3 is 5.32 Å².